The Morgan fingerprint density at radius 1 is 0.412 bits per heavy atom. The monoisotopic (exact) mass is 454 g/mol. The number of fused-ring (bicyclic) bond motifs is 7. The van der Waals surface area contributed by atoms with Gasteiger partial charge in [-0.1, -0.05) is 24.3 Å². The first-order chi connectivity index (χ1) is 16.3. The van der Waals surface area contributed by atoms with E-state index < -0.39 is 11.8 Å². The lowest BCUT2D eigenvalue weighted by Crippen LogP contribution is -2.26. The van der Waals surface area contributed by atoms with Gasteiger partial charge in [0.1, 0.15) is 34.5 Å². The molecule has 2 aliphatic rings. The lowest BCUT2D eigenvalue weighted by Gasteiger charge is -2.40. The second kappa shape index (κ2) is 7.09. The average Bonchev–Trinajstić information content (AvgIpc) is 3.05. The van der Waals surface area contributed by atoms with Crippen LogP contribution in [0.1, 0.15) is 57.1 Å². The Morgan fingerprint density at radius 2 is 0.882 bits per heavy atom. The van der Waals surface area contributed by atoms with Gasteiger partial charge in [0, 0.05) is 46.9 Å². The number of phenolic OH excluding ortho intramolecular Hbond substituents is 6. The summed E-state index contributed by atoms with van der Waals surface area (Å²) < 4.78 is 0. The quantitative estimate of drug-likeness (QED) is 0.251. The standard InChI is InChI=1S/C28H22O6/c29-15-5-1-13(2-6-15)23-25-19(9-17(31)11-21(25)33)28-24(14-3-7-16(30)8-4-14)27(23)20-10-18(32)12-22(34)26(20)28/h1-12,23-24,27-34H/t23-,24-,27+,28-/m0/s1. The van der Waals surface area contributed by atoms with Crippen molar-refractivity contribution in [2.24, 2.45) is 0 Å². The molecule has 170 valence electrons. The molecular formula is C28H22O6. The molecule has 0 saturated carbocycles. The van der Waals surface area contributed by atoms with Crippen molar-refractivity contribution in [2.45, 2.75) is 23.7 Å². The van der Waals surface area contributed by atoms with Crippen LogP contribution in [0.25, 0.3) is 0 Å². The predicted octanol–water partition coefficient (Wildman–Crippen LogP) is 5.08. The van der Waals surface area contributed by atoms with E-state index in [9.17, 15) is 30.6 Å². The van der Waals surface area contributed by atoms with Gasteiger partial charge in [-0.2, -0.15) is 0 Å². The van der Waals surface area contributed by atoms with Crippen LogP contribution in [0.5, 0.6) is 34.5 Å². The van der Waals surface area contributed by atoms with Gasteiger partial charge in [-0.15, -0.1) is 0 Å². The van der Waals surface area contributed by atoms with Gasteiger partial charge in [0.25, 0.3) is 0 Å². The van der Waals surface area contributed by atoms with Gasteiger partial charge in [0.05, 0.1) is 0 Å². The Hall–Kier alpha value is -4.32. The van der Waals surface area contributed by atoms with E-state index in [0.717, 1.165) is 16.7 Å². The third-order valence-corrected chi connectivity index (χ3v) is 7.30. The molecule has 0 aromatic heterocycles. The first-order valence-electron chi connectivity index (χ1n) is 11.0. The molecule has 34 heavy (non-hydrogen) atoms. The van der Waals surface area contributed by atoms with Gasteiger partial charge < -0.3 is 30.6 Å². The third-order valence-electron chi connectivity index (χ3n) is 7.30. The van der Waals surface area contributed by atoms with Crippen LogP contribution in [-0.2, 0) is 0 Å². The van der Waals surface area contributed by atoms with E-state index >= 15 is 0 Å². The minimum atomic E-state index is -0.397. The smallest absolute Gasteiger partial charge is 0.123 e. The summed E-state index contributed by atoms with van der Waals surface area (Å²) in [5.41, 5.74) is 4.48. The van der Waals surface area contributed by atoms with E-state index in [4.69, 9.17) is 0 Å². The summed E-state index contributed by atoms with van der Waals surface area (Å²) in [7, 11) is 0. The van der Waals surface area contributed by atoms with Gasteiger partial charge in [-0.3, -0.25) is 0 Å². The Morgan fingerprint density at radius 3 is 1.44 bits per heavy atom. The van der Waals surface area contributed by atoms with Crippen LogP contribution in [0, 0.1) is 0 Å². The largest absolute Gasteiger partial charge is 0.508 e. The molecule has 2 aliphatic carbocycles. The van der Waals surface area contributed by atoms with E-state index in [0.29, 0.717) is 16.7 Å². The van der Waals surface area contributed by atoms with Crippen molar-refractivity contribution >= 4 is 0 Å². The minimum Gasteiger partial charge on any atom is -0.508 e. The van der Waals surface area contributed by atoms with Gasteiger partial charge in [-0.25, -0.2) is 0 Å². The lowest BCUT2D eigenvalue weighted by atomic mass is 9.63. The average molecular weight is 454 g/mol. The van der Waals surface area contributed by atoms with E-state index in [1.54, 1.807) is 48.5 Å². The normalized spacial score (nSPS) is 22.2. The topological polar surface area (TPSA) is 121 Å². The van der Waals surface area contributed by atoms with Crippen LogP contribution in [0.3, 0.4) is 0 Å². The molecule has 0 unspecified atom stereocenters. The highest BCUT2D eigenvalue weighted by Crippen LogP contribution is 2.68. The molecule has 2 bridgehead atoms. The summed E-state index contributed by atoms with van der Waals surface area (Å²) in [6.45, 7) is 0. The highest BCUT2D eigenvalue weighted by Gasteiger charge is 2.53. The third kappa shape index (κ3) is 2.81. The van der Waals surface area contributed by atoms with Crippen molar-refractivity contribution in [1.29, 1.82) is 0 Å². The molecular weight excluding hydrogens is 432 g/mol. The molecule has 4 aromatic carbocycles. The molecule has 0 saturated heterocycles. The number of benzene rings is 4. The molecule has 0 aliphatic heterocycles. The molecule has 6 rings (SSSR count). The van der Waals surface area contributed by atoms with E-state index in [2.05, 4.69) is 0 Å². The molecule has 6 heteroatoms. The first-order valence-corrected chi connectivity index (χ1v) is 11.0. The van der Waals surface area contributed by atoms with E-state index in [1.807, 2.05) is 12.1 Å². The Balaban J connectivity index is 1.72. The van der Waals surface area contributed by atoms with E-state index in [1.165, 1.54) is 12.1 Å². The van der Waals surface area contributed by atoms with Crippen LogP contribution < -0.4 is 0 Å². The summed E-state index contributed by atoms with van der Waals surface area (Å²) in [4.78, 5) is 0. The number of hydrogen-bond acceptors (Lipinski definition) is 6. The second-order valence-electron chi connectivity index (χ2n) is 9.13. The molecule has 0 amide bonds. The Bertz CT molecular complexity index is 1430. The zero-order chi connectivity index (χ0) is 23.7. The molecule has 0 radical (unpaired) electrons. The maximum atomic E-state index is 11.0. The summed E-state index contributed by atoms with van der Waals surface area (Å²) in [5.74, 6) is -1.29. The zero-order valence-corrected chi connectivity index (χ0v) is 17.9. The van der Waals surface area contributed by atoms with Crippen LogP contribution in [-0.4, -0.2) is 30.6 Å². The predicted molar refractivity (Wildman–Crippen MR) is 125 cm³/mol. The van der Waals surface area contributed by atoms with Gasteiger partial charge >= 0.3 is 0 Å². The number of phenols is 6. The fourth-order valence-corrected chi connectivity index (χ4v) is 6.15. The van der Waals surface area contributed by atoms with Crippen molar-refractivity contribution in [3.63, 3.8) is 0 Å². The van der Waals surface area contributed by atoms with Crippen molar-refractivity contribution in [3.05, 3.63) is 106 Å². The number of hydrogen-bond donors (Lipinski definition) is 6. The fourth-order valence-electron chi connectivity index (χ4n) is 6.15. The van der Waals surface area contributed by atoms with Gasteiger partial charge in [0.15, 0.2) is 0 Å². The SMILES string of the molecule is Oc1ccc([C@H]2c3c(O)cc(O)cc3[C@@H]3c4c(O)cc(O)cc4[C@H]2[C@@H]3c2ccc(O)cc2)cc1. The maximum Gasteiger partial charge on any atom is 0.123 e. The first kappa shape index (κ1) is 20.3. The number of rotatable bonds is 2. The van der Waals surface area contributed by atoms with Crippen LogP contribution in [0.4, 0.5) is 0 Å². The lowest BCUT2D eigenvalue weighted by molar-refractivity contribution is 0.406. The summed E-state index contributed by atoms with van der Waals surface area (Å²) in [6.07, 6.45) is 0. The van der Waals surface area contributed by atoms with Crippen molar-refractivity contribution in [2.75, 3.05) is 0 Å². The van der Waals surface area contributed by atoms with Crippen LogP contribution in [0.2, 0.25) is 0 Å². The number of aromatic hydroxyl groups is 6. The maximum absolute atomic E-state index is 11.0. The summed E-state index contributed by atoms with van der Waals surface area (Å²) >= 11 is 0. The van der Waals surface area contributed by atoms with E-state index in [-0.39, 0.29) is 46.3 Å². The Kier molecular flexibility index (Phi) is 4.23. The molecule has 0 fully saturated rings. The minimum absolute atomic E-state index is 0.0496. The molecule has 6 N–H and O–H groups in total. The highest BCUT2D eigenvalue weighted by atomic mass is 16.3. The summed E-state index contributed by atoms with van der Waals surface area (Å²) in [5, 5.41) is 62.6. The van der Waals surface area contributed by atoms with Crippen molar-refractivity contribution in [1.82, 2.24) is 0 Å². The fraction of sp³-hybridized carbons (Fsp3) is 0.143. The molecule has 4 aromatic rings. The summed E-state index contributed by atoms with van der Waals surface area (Å²) in [6, 6.07) is 19.6. The molecule has 0 heterocycles. The van der Waals surface area contributed by atoms with Crippen LogP contribution in [0.15, 0.2) is 72.8 Å². The molecule has 6 nitrogen and oxygen atoms in total. The molecule has 0 spiro atoms. The van der Waals surface area contributed by atoms with Gasteiger partial charge in [0.2, 0.25) is 0 Å². The van der Waals surface area contributed by atoms with Crippen molar-refractivity contribution < 1.29 is 30.6 Å². The van der Waals surface area contributed by atoms with Gasteiger partial charge in [-0.05, 0) is 58.7 Å². The van der Waals surface area contributed by atoms with Crippen molar-refractivity contribution in [3.8, 4) is 34.5 Å². The molecule has 4 atom stereocenters. The van der Waals surface area contributed by atoms with Crippen LogP contribution >= 0.6 is 0 Å². The second-order valence-corrected chi connectivity index (χ2v) is 9.13. The highest BCUT2D eigenvalue weighted by molar-refractivity contribution is 5.68. The zero-order valence-electron chi connectivity index (χ0n) is 17.9. The Labute approximate surface area is 195 Å².